The summed E-state index contributed by atoms with van der Waals surface area (Å²) in [5.74, 6) is -2.30. The smallest absolute Gasteiger partial charge is 0.287 e. The number of hydrogen-bond acceptors (Lipinski definition) is 4. The molecule has 2 N–H and O–H groups in total. The van der Waals surface area contributed by atoms with Crippen LogP contribution in [0.3, 0.4) is 0 Å². The number of amides is 2. The number of carbonyl (C=O) groups excluding carboxylic acids is 4. The summed E-state index contributed by atoms with van der Waals surface area (Å²) < 4.78 is 0. The van der Waals surface area contributed by atoms with Crippen molar-refractivity contribution < 1.29 is 19.2 Å². The van der Waals surface area contributed by atoms with E-state index >= 15 is 0 Å². The molecule has 0 radical (unpaired) electrons. The van der Waals surface area contributed by atoms with Crippen LogP contribution in [0, 0.1) is 0 Å². The van der Waals surface area contributed by atoms with Gasteiger partial charge >= 0.3 is 0 Å². The lowest BCUT2D eigenvalue weighted by Crippen LogP contribution is -2.35. The molecule has 0 bridgehead atoms. The van der Waals surface area contributed by atoms with Crippen LogP contribution >= 0.6 is 0 Å². The van der Waals surface area contributed by atoms with E-state index in [0.29, 0.717) is 6.42 Å². The number of allylic oxidation sites excluding steroid dienone is 1. The minimum absolute atomic E-state index is 0.00751. The van der Waals surface area contributed by atoms with Gasteiger partial charge in [0.2, 0.25) is 11.6 Å². The third-order valence-corrected chi connectivity index (χ3v) is 2.08. The van der Waals surface area contributed by atoms with Crippen molar-refractivity contribution in [1.29, 1.82) is 0 Å². The molecule has 0 rings (SSSR count). The number of ketones is 2. The lowest BCUT2D eigenvalue weighted by Gasteiger charge is -2.05. The second-order valence-electron chi connectivity index (χ2n) is 3.56. The number of nitrogens with one attached hydrogen (secondary N) is 2. The Morgan fingerprint density at radius 1 is 1.00 bits per heavy atom. The zero-order chi connectivity index (χ0) is 14.0. The molecule has 0 heterocycles. The first-order valence-electron chi connectivity index (χ1n) is 5.75. The van der Waals surface area contributed by atoms with Crippen molar-refractivity contribution in [3.05, 3.63) is 12.7 Å². The van der Waals surface area contributed by atoms with Crippen LogP contribution in [0.5, 0.6) is 0 Å². The van der Waals surface area contributed by atoms with Gasteiger partial charge in [-0.15, -0.1) is 6.58 Å². The second-order valence-corrected chi connectivity index (χ2v) is 3.56. The highest BCUT2D eigenvalue weighted by molar-refractivity contribution is 6.36. The van der Waals surface area contributed by atoms with Crippen LogP contribution in [0.1, 0.15) is 26.2 Å². The summed E-state index contributed by atoms with van der Waals surface area (Å²) in [5, 5.41) is 4.83. The first kappa shape index (κ1) is 16.0. The topological polar surface area (TPSA) is 92.3 Å². The zero-order valence-electron chi connectivity index (χ0n) is 10.5. The Kier molecular flexibility index (Phi) is 8.09. The molecule has 0 saturated carbocycles. The SMILES string of the molecule is C=CCC(=O)C(=O)NCCCNC(=O)C(=O)CC. The summed E-state index contributed by atoms with van der Waals surface area (Å²) in [6, 6.07) is 0. The van der Waals surface area contributed by atoms with E-state index in [2.05, 4.69) is 17.2 Å². The van der Waals surface area contributed by atoms with Gasteiger partial charge in [-0.3, -0.25) is 19.2 Å². The van der Waals surface area contributed by atoms with E-state index in [1.54, 1.807) is 6.92 Å². The van der Waals surface area contributed by atoms with Gasteiger partial charge in [0.1, 0.15) is 0 Å². The van der Waals surface area contributed by atoms with Crippen molar-refractivity contribution in [2.45, 2.75) is 26.2 Å². The molecule has 0 saturated heterocycles. The van der Waals surface area contributed by atoms with E-state index in [-0.39, 0.29) is 25.9 Å². The molecule has 0 spiro atoms. The van der Waals surface area contributed by atoms with Gasteiger partial charge in [-0.1, -0.05) is 13.0 Å². The fraction of sp³-hybridized carbons (Fsp3) is 0.500. The Bertz CT molecular complexity index is 350. The maximum Gasteiger partial charge on any atom is 0.287 e. The highest BCUT2D eigenvalue weighted by Crippen LogP contribution is 1.85. The number of hydrogen-bond donors (Lipinski definition) is 2. The molecule has 2 amide bonds. The lowest BCUT2D eigenvalue weighted by atomic mass is 10.2. The zero-order valence-corrected chi connectivity index (χ0v) is 10.5. The molecule has 0 aliphatic heterocycles. The molecular formula is C12H18N2O4. The van der Waals surface area contributed by atoms with E-state index in [9.17, 15) is 19.2 Å². The summed E-state index contributed by atoms with van der Waals surface area (Å²) in [6.07, 6.45) is 1.99. The highest BCUT2D eigenvalue weighted by Gasteiger charge is 2.11. The van der Waals surface area contributed by atoms with Crippen molar-refractivity contribution in [3.63, 3.8) is 0 Å². The molecular weight excluding hydrogens is 236 g/mol. The molecule has 18 heavy (non-hydrogen) atoms. The Balaban J connectivity index is 3.66. The molecule has 6 heteroatoms. The molecule has 0 aromatic heterocycles. The predicted molar refractivity (Wildman–Crippen MR) is 65.8 cm³/mol. The first-order valence-corrected chi connectivity index (χ1v) is 5.75. The van der Waals surface area contributed by atoms with Gasteiger partial charge in [-0.25, -0.2) is 0 Å². The van der Waals surface area contributed by atoms with Crippen LogP contribution in [0.4, 0.5) is 0 Å². The third kappa shape index (κ3) is 6.57. The van der Waals surface area contributed by atoms with Gasteiger partial charge < -0.3 is 10.6 Å². The third-order valence-electron chi connectivity index (χ3n) is 2.08. The summed E-state index contributed by atoms with van der Waals surface area (Å²) >= 11 is 0. The standard InChI is InChI=1S/C12H18N2O4/c1-3-6-10(16)12(18)14-8-5-7-13-11(17)9(15)4-2/h3H,1,4-8H2,2H3,(H,13,17)(H,14,18). The Morgan fingerprint density at radius 2 is 1.50 bits per heavy atom. The van der Waals surface area contributed by atoms with Crippen LogP contribution in [-0.2, 0) is 19.2 Å². The van der Waals surface area contributed by atoms with Crippen molar-refractivity contribution in [3.8, 4) is 0 Å². The maximum absolute atomic E-state index is 11.1. The predicted octanol–water partition coefficient (Wildman–Crippen LogP) is -0.267. The molecule has 6 nitrogen and oxygen atoms in total. The minimum atomic E-state index is -0.661. The second kappa shape index (κ2) is 9.09. The van der Waals surface area contributed by atoms with Crippen molar-refractivity contribution >= 4 is 23.4 Å². The van der Waals surface area contributed by atoms with Crippen LogP contribution < -0.4 is 10.6 Å². The van der Waals surface area contributed by atoms with E-state index < -0.39 is 23.4 Å². The molecule has 0 aromatic carbocycles. The summed E-state index contributed by atoms with van der Waals surface area (Å²) in [4.78, 5) is 44.1. The molecule has 0 atom stereocenters. The molecule has 0 unspecified atom stereocenters. The fourth-order valence-corrected chi connectivity index (χ4v) is 1.07. The normalized spacial score (nSPS) is 9.39. The molecule has 0 aromatic rings. The van der Waals surface area contributed by atoms with Gasteiger partial charge in [0, 0.05) is 25.9 Å². The maximum atomic E-state index is 11.1. The lowest BCUT2D eigenvalue weighted by molar-refractivity contribution is -0.137. The van der Waals surface area contributed by atoms with Gasteiger partial charge in [0.25, 0.3) is 11.8 Å². The molecule has 0 aliphatic carbocycles. The van der Waals surface area contributed by atoms with Crippen LogP contribution in [0.15, 0.2) is 12.7 Å². The summed E-state index contributed by atoms with van der Waals surface area (Å²) in [6.45, 7) is 5.51. The Labute approximate surface area is 106 Å². The average Bonchev–Trinajstić information content (AvgIpc) is 2.37. The molecule has 100 valence electrons. The minimum Gasteiger partial charge on any atom is -0.349 e. The fourth-order valence-electron chi connectivity index (χ4n) is 1.07. The average molecular weight is 254 g/mol. The highest BCUT2D eigenvalue weighted by atomic mass is 16.2. The summed E-state index contributed by atoms with van der Waals surface area (Å²) in [5.41, 5.74) is 0. The molecule has 0 aliphatic rings. The van der Waals surface area contributed by atoms with Crippen LogP contribution in [0.25, 0.3) is 0 Å². The Morgan fingerprint density at radius 3 is 1.94 bits per heavy atom. The van der Waals surface area contributed by atoms with Gasteiger partial charge in [-0.2, -0.15) is 0 Å². The van der Waals surface area contributed by atoms with Crippen LogP contribution in [-0.4, -0.2) is 36.5 Å². The summed E-state index contributed by atoms with van der Waals surface area (Å²) in [7, 11) is 0. The number of carbonyl (C=O) groups is 4. The first-order chi connectivity index (χ1) is 8.52. The largest absolute Gasteiger partial charge is 0.349 e. The van der Waals surface area contributed by atoms with Gasteiger partial charge in [-0.05, 0) is 6.42 Å². The van der Waals surface area contributed by atoms with Crippen LogP contribution in [0.2, 0.25) is 0 Å². The van der Waals surface area contributed by atoms with Crippen molar-refractivity contribution in [2.24, 2.45) is 0 Å². The van der Waals surface area contributed by atoms with E-state index in [1.165, 1.54) is 6.08 Å². The van der Waals surface area contributed by atoms with E-state index in [1.807, 2.05) is 0 Å². The monoisotopic (exact) mass is 254 g/mol. The Hall–Kier alpha value is -1.98. The van der Waals surface area contributed by atoms with Gasteiger partial charge in [0.05, 0.1) is 0 Å². The van der Waals surface area contributed by atoms with E-state index in [0.717, 1.165) is 0 Å². The van der Waals surface area contributed by atoms with Gasteiger partial charge in [0.15, 0.2) is 0 Å². The van der Waals surface area contributed by atoms with Crippen molar-refractivity contribution in [1.82, 2.24) is 10.6 Å². The number of rotatable bonds is 9. The van der Waals surface area contributed by atoms with E-state index in [4.69, 9.17) is 0 Å². The quantitative estimate of drug-likeness (QED) is 0.336. The van der Waals surface area contributed by atoms with Crippen molar-refractivity contribution in [2.75, 3.05) is 13.1 Å². The molecule has 0 fully saturated rings. The number of Topliss-reactive ketones (excluding diaryl/α,β-unsaturated/α-hetero) is 2.